The van der Waals surface area contributed by atoms with Gasteiger partial charge in [0.15, 0.2) is 0 Å². The Balaban J connectivity index is 2.11. The Morgan fingerprint density at radius 1 is 1.33 bits per heavy atom. The van der Waals surface area contributed by atoms with Gasteiger partial charge in [0.1, 0.15) is 0 Å². The Kier molecular flexibility index (Phi) is 4.16. The zero-order valence-electron chi connectivity index (χ0n) is 10.8. The molecule has 2 rings (SSSR count). The van der Waals surface area contributed by atoms with Crippen molar-refractivity contribution >= 4 is 12.0 Å². The summed E-state index contributed by atoms with van der Waals surface area (Å²) in [5.41, 5.74) is -0.950. The van der Waals surface area contributed by atoms with Crippen molar-refractivity contribution in [2.45, 2.75) is 12.2 Å². The monoisotopic (exact) mass is 306 g/mol. The van der Waals surface area contributed by atoms with E-state index in [1.54, 1.807) is 4.90 Å². The summed E-state index contributed by atoms with van der Waals surface area (Å²) in [6.45, 7) is 0.0940. The first-order valence-corrected chi connectivity index (χ1v) is 6.07. The van der Waals surface area contributed by atoms with Crippen LogP contribution in [0.1, 0.15) is 5.56 Å². The summed E-state index contributed by atoms with van der Waals surface area (Å²) >= 11 is 0. The van der Waals surface area contributed by atoms with Gasteiger partial charge in [-0.05, 0) is 0 Å². The molecule has 1 aromatic rings. The molecular formula is C11H13F3N4O3. The van der Waals surface area contributed by atoms with Gasteiger partial charge in [0.2, 0.25) is 5.95 Å². The highest BCUT2D eigenvalue weighted by Crippen LogP contribution is 2.28. The fourth-order valence-corrected chi connectivity index (χ4v) is 2.08. The second-order valence-electron chi connectivity index (χ2n) is 4.53. The number of amides is 1. The van der Waals surface area contributed by atoms with Crippen LogP contribution in [0.15, 0.2) is 12.4 Å². The van der Waals surface area contributed by atoms with Crippen LogP contribution in [0.5, 0.6) is 0 Å². The second kappa shape index (κ2) is 5.72. The first-order valence-electron chi connectivity index (χ1n) is 6.07. The Hall–Kier alpha value is -2.10. The normalized spacial score (nSPS) is 19.7. The van der Waals surface area contributed by atoms with Crippen molar-refractivity contribution in [1.82, 2.24) is 14.9 Å². The van der Waals surface area contributed by atoms with Crippen LogP contribution < -0.4 is 4.90 Å². The highest BCUT2D eigenvalue weighted by atomic mass is 19.4. The predicted octanol–water partition coefficient (Wildman–Crippen LogP) is 0.656. The lowest BCUT2D eigenvalue weighted by Gasteiger charge is -2.39. The number of rotatable bonds is 2. The molecule has 0 bridgehead atoms. The average molecular weight is 306 g/mol. The number of carbonyl (C=O) groups is 1. The lowest BCUT2D eigenvalue weighted by atomic mass is 10.2. The Morgan fingerprint density at radius 3 is 2.43 bits per heavy atom. The van der Waals surface area contributed by atoms with Crippen molar-refractivity contribution in [3.63, 3.8) is 0 Å². The standard InChI is InChI=1S/C11H13F3N4O3/c12-11(13,14)7-3-15-9(16-4-7)17-1-2-18(10(20)21)8(5-17)6-19/h3-4,8,19H,1-2,5-6H2,(H,20,21)/t8-/m0/s1. The topological polar surface area (TPSA) is 89.8 Å². The first kappa shape index (κ1) is 15.3. The molecule has 21 heavy (non-hydrogen) atoms. The number of hydrogen-bond donors (Lipinski definition) is 2. The molecule has 1 amide bonds. The number of aliphatic hydroxyl groups excluding tert-OH is 1. The zero-order chi connectivity index (χ0) is 15.6. The SMILES string of the molecule is O=C(O)N1CCN(c2ncc(C(F)(F)F)cn2)C[C@H]1CO. The number of aromatic nitrogens is 2. The Morgan fingerprint density at radius 2 is 1.95 bits per heavy atom. The van der Waals surface area contributed by atoms with Crippen LogP contribution in [0.25, 0.3) is 0 Å². The van der Waals surface area contributed by atoms with Crippen LogP contribution in [-0.2, 0) is 6.18 Å². The molecule has 2 heterocycles. The van der Waals surface area contributed by atoms with Crippen molar-refractivity contribution in [1.29, 1.82) is 0 Å². The van der Waals surface area contributed by atoms with E-state index in [2.05, 4.69) is 9.97 Å². The summed E-state index contributed by atoms with van der Waals surface area (Å²) in [6.07, 6.45) is -4.30. The van der Waals surface area contributed by atoms with E-state index in [-0.39, 0.29) is 32.2 Å². The third-order valence-electron chi connectivity index (χ3n) is 3.19. The van der Waals surface area contributed by atoms with Gasteiger partial charge in [-0.2, -0.15) is 13.2 Å². The average Bonchev–Trinajstić information content (AvgIpc) is 2.45. The van der Waals surface area contributed by atoms with Crippen LogP contribution in [0.3, 0.4) is 0 Å². The molecule has 1 aliphatic heterocycles. The maximum Gasteiger partial charge on any atom is 0.419 e. The highest BCUT2D eigenvalue weighted by Gasteiger charge is 2.33. The minimum Gasteiger partial charge on any atom is -0.465 e. The van der Waals surface area contributed by atoms with Gasteiger partial charge >= 0.3 is 12.3 Å². The van der Waals surface area contributed by atoms with Crippen molar-refractivity contribution in [3.8, 4) is 0 Å². The van der Waals surface area contributed by atoms with E-state index in [1.807, 2.05) is 0 Å². The summed E-state index contributed by atoms with van der Waals surface area (Å²) in [5, 5.41) is 18.2. The fourth-order valence-electron chi connectivity index (χ4n) is 2.08. The third-order valence-corrected chi connectivity index (χ3v) is 3.19. The zero-order valence-corrected chi connectivity index (χ0v) is 10.8. The molecule has 1 aliphatic rings. The lowest BCUT2D eigenvalue weighted by Crippen LogP contribution is -2.56. The molecule has 10 heteroatoms. The van der Waals surface area contributed by atoms with Gasteiger partial charge in [0.25, 0.3) is 0 Å². The molecule has 0 aromatic carbocycles. The first-order chi connectivity index (χ1) is 9.82. The molecule has 0 unspecified atom stereocenters. The lowest BCUT2D eigenvalue weighted by molar-refractivity contribution is -0.138. The van der Waals surface area contributed by atoms with Gasteiger partial charge in [-0.15, -0.1) is 0 Å². The number of halogens is 3. The maximum atomic E-state index is 12.4. The van der Waals surface area contributed by atoms with E-state index in [4.69, 9.17) is 5.11 Å². The molecule has 116 valence electrons. The molecule has 1 atom stereocenters. The van der Waals surface area contributed by atoms with Gasteiger partial charge in [0.05, 0.1) is 18.2 Å². The summed E-state index contributed by atoms with van der Waals surface area (Å²) in [4.78, 5) is 20.9. The number of piperazine rings is 1. The minimum atomic E-state index is -4.51. The number of alkyl halides is 3. The molecule has 7 nitrogen and oxygen atoms in total. The molecule has 0 spiro atoms. The molecule has 1 fully saturated rings. The van der Waals surface area contributed by atoms with Crippen LogP contribution in [-0.4, -0.2) is 63.5 Å². The summed E-state index contributed by atoms with van der Waals surface area (Å²) in [5.74, 6) is 0.0755. The highest BCUT2D eigenvalue weighted by molar-refractivity contribution is 5.66. The van der Waals surface area contributed by atoms with Gasteiger partial charge in [-0.3, -0.25) is 4.90 Å². The third kappa shape index (κ3) is 3.32. The smallest absolute Gasteiger partial charge is 0.419 e. The van der Waals surface area contributed by atoms with Crippen molar-refractivity contribution in [3.05, 3.63) is 18.0 Å². The predicted molar refractivity (Wildman–Crippen MR) is 64.9 cm³/mol. The number of hydrogen-bond acceptors (Lipinski definition) is 5. The van der Waals surface area contributed by atoms with Crippen molar-refractivity contribution in [2.24, 2.45) is 0 Å². The van der Waals surface area contributed by atoms with Gasteiger partial charge in [-0.1, -0.05) is 0 Å². The maximum absolute atomic E-state index is 12.4. The van der Waals surface area contributed by atoms with E-state index >= 15 is 0 Å². The molecule has 0 radical (unpaired) electrons. The largest absolute Gasteiger partial charge is 0.465 e. The fraction of sp³-hybridized carbons (Fsp3) is 0.545. The number of carboxylic acid groups (broad SMARTS) is 1. The number of nitrogens with zero attached hydrogens (tertiary/aromatic N) is 4. The summed E-state index contributed by atoms with van der Waals surface area (Å²) in [6, 6.07) is -0.665. The van der Waals surface area contributed by atoms with Crippen LogP contribution >= 0.6 is 0 Å². The van der Waals surface area contributed by atoms with Crippen LogP contribution in [0, 0.1) is 0 Å². The molecular weight excluding hydrogens is 293 g/mol. The Bertz CT molecular complexity index is 508. The summed E-state index contributed by atoms with van der Waals surface area (Å²) < 4.78 is 37.3. The summed E-state index contributed by atoms with van der Waals surface area (Å²) in [7, 11) is 0. The number of aliphatic hydroxyl groups is 1. The van der Waals surface area contributed by atoms with Crippen LogP contribution in [0.4, 0.5) is 23.9 Å². The quantitative estimate of drug-likeness (QED) is 0.834. The molecule has 2 N–H and O–H groups in total. The molecule has 0 saturated carbocycles. The molecule has 1 saturated heterocycles. The number of anilines is 1. The van der Waals surface area contributed by atoms with Crippen LogP contribution in [0.2, 0.25) is 0 Å². The van der Waals surface area contributed by atoms with Gasteiger partial charge < -0.3 is 15.1 Å². The molecule has 0 aliphatic carbocycles. The van der Waals surface area contributed by atoms with Crippen molar-refractivity contribution < 1.29 is 28.2 Å². The van der Waals surface area contributed by atoms with Gasteiger partial charge in [0, 0.05) is 32.0 Å². The van der Waals surface area contributed by atoms with E-state index in [1.165, 1.54) is 0 Å². The van der Waals surface area contributed by atoms with E-state index in [0.717, 1.165) is 4.90 Å². The van der Waals surface area contributed by atoms with Crippen molar-refractivity contribution in [2.75, 3.05) is 31.1 Å². The minimum absolute atomic E-state index is 0.0755. The Labute approximate surface area is 117 Å². The molecule has 1 aromatic heterocycles. The van der Waals surface area contributed by atoms with Gasteiger partial charge in [-0.25, -0.2) is 14.8 Å². The van der Waals surface area contributed by atoms with E-state index in [9.17, 15) is 23.1 Å². The van der Waals surface area contributed by atoms with E-state index < -0.39 is 23.9 Å². The van der Waals surface area contributed by atoms with E-state index in [0.29, 0.717) is 12.4 Å². The second-order valence-corrected chi connectivity index (χ2v) is 4.53.